The highest BCUT2D eigenvalue weighted by Gasteiger charge is 2.34. The van der Waals surface area contributed by atoms with Gasteiger partial charge in [0.05, 0.1) is 6.61 Å². The van der Waals surface area contributed by atoms with Gasteiger partial charge in [-0.25, -0.2) is 0 Å². The van der Waals surface area contributed by atoms with Crippen LogP contribution in [0, 0.1) is 0 Å². The van der Waals surface area contributed by atoms with E-state index in [0.29, 0.717) is 13.0 Å². The summed E-state index contributed by atoms with van der Waals surface area (Å²) in [5, 5.41) is 2.93. The maximum Gasteiger partial charge on any atom is 0.226 e. The van der Waals surface area contributed by atoms with Gasteiger partial charge < -0.3 is 15.8 Å². The molecule has 5 heteroatoms. The summed E-state index contributed by atoms with van der Waals surface area (Å²) < 4.78 is 6.09. The Hall–Kier alpha value is -0.910. The van der Waals surface area contributed by atoms with Gasteiger partial charge in [0.25, 0.3) is 0 Å². The van der Waals surface area contributed by atoms with Gasteiger partial charge in [-0.15, -0.1) is 0 Å². The summed E-state index contributed by atoms with van der Waals surface area (Å²) in [7, 11) is 1.63. The van der Waals surface area contributed by atoms with E-state index in [-0.39, 0.29) is 11.4 Å². The van der Waals surface area contributed by atoms with Crippen molar-refractivity contribution in [3.8, 4) is 0 Å². The van der Waals surface area contributed by atoms with Gasteiger partial charge in [0, 0.05) is 34.8 Å². The Bertz CT molecular complexity index is 473. The van der Waals surface area contributed by atoms with Gasteiger partial charge in [0.2, 0.25) is 5.91 Å². The molecule has 1 fully saturated rings. The monoisotopic (exact) mass is 326 g/mol. The van der Waals surface area contributed by atoms with Crippen molar-refractivity contribution in [2.45, 2.75) is 37.8 Å². The molecule has 0 aliphatic heterocycles. The van der Waals surface area contributed by atoms with Crippen molar-refractivity contribution in [3.05, 3.63) is 28.2 Å². The number of rotatable bonds is 5. The van der Waals surface area contributed by atoms with Gasteiger partial charge in [0.1, 0.15) is 0 Å². The molecule has 0 radical (unpaired) electrons. The van der Waals surface area contributed by atoms with Crippen LogP contribution in [0.1, 0.15) is 31.2 Å². The highest BCUT2D eigenvalue weighted by atomic mass is 79.9. The molecular formula is C14H19BrN2O2. The molecule has 0 spiro atoms. The van der Waals surface area contributed by atoms with E-state index in [1.807, 2.05) is 18.2 Å². The third-order valence-electron chi connectivity index (χ3n) is 3.54. The minimum absolute atomic E-state index is 0.0300. The van der Waals surface area contributed by atoms with Crippen molar-refractivity contribution in [2.75, 3.05) is 12.4 Å². The summed E-state index contributed by atoms with van der Waals surface area (Å²) >= 11 is 3.47. The van der Waals surface area contributed by atoms with E-state index in [2.05, 4.69) is 21.2 Å². The predicted molar refractivity (Wildman–Crippen MR) is 78.9 cm³/mol. The van der Waals surface area contributed by atoms with Gasteiger partial charge >= 0.3 is 0 Å². The summed E-state index contributed by atoms with van der Waals surface area (Å²) in [5.74, 6) is -0.0300. The van der Waals surface area contributed by atoms with Gasteiger partial charge in [-0.1, -0.05) is 22.0 Å². The van der Waals surface area contributed by atoms with Gasteiger partial charge in [-0.3, -0.25) is 4.79 Å². The Morgan fingerprint density at radius 2 is 2.26 bits per heavy atom. The molecule has 1 aromatic rings. The first-order chi connectivity index (χ1) is 9.04. The van der Waals surface area contributed by atoms with Crippen molar-refractivity contribution in [1.82, 2.24) is 0 Å². The highest BCUT2D eigenvalue weighted by molar-refractivity contribution is 9.10. The minimum atomic E-state index is -0.294. The zero-order valence-electron chi connectivity index (χ0n) is 11.0. The zero-order valence-corrected chi connectivity index (χ0v) is 12.6. The number of ether oxygens (including phenoxy) is 1. The topological polar surface area (TPSA) is 64.3 Å². The van der Waals surface area contributed by atoms with Gasteiger partial charge in [-0.2, -0.15) is 0 Å². The van der Waals surface area contributed by atoms with E-state index in [4.69, 9.17) is 10.5 Å². The zero-order chi connectivity index (χ0) is 13.9. The van der Waals surface area contributed by atoms with Crippen LogP contribution in [0.25, 0.3) is 0 Å². The van der Waals surface area contributed by atoms with Crippen molar-refractivity contribution in [2.24, 2.45) is 5.73 Å². The molecule has 1 aliphatic carbocycles. The Kier molecular flexibility index (Phi) is 4.60. The lowest BCUT2D eigenvalue weighted by atomic mass is 9.75. The number of amides is 1. The van der Waals surface area contributed by atoms with E-state index < -0.39 is 0 Å². The number of carbonyl (C=O) groups excluding carboxylic acids is 1. The van der Waals surface area contributed by atoms with Gasteiger partial charge in [-0.05, 0) is 31.4 Å². The normalized spacial score (nSPS) is 16.8. The summed E-state index contributed by atoms with van der Waals surface area (Å²) in [6.45, 7) is 0.449. The van der Waals surface area contributed by atoms with Crippen LogP contribution in [0.15, 0.2) is 22.7 Å². The first kappa shape index (κ1) is 14.5. The van der Waals surface area contributed by atoms with E-state index in [9.17, 15) is 4.79 Å². The molecule has 4 nitrogen and oxygen atoms in total. The van der Waals surface area contributed by atoms with E-state index in [1.54, 1.807) is 7.11 Å². The molecule has 0 atom stereocenters. The minimum Gasteiger partial charge on any atom is -0.380 e. The van der Waals surface area contributed by atoms with Crippen LogP contribution in [0.4, 0.5) is 5.69 Å². The first-order valence-corrected chi connectivity index (χ1v) is 7.18. The smallest absolute Gasteiger partial charge is 0.226 e. The Labute approximate surface area is 121 Å². The molecular weight excluding hydrogens is 308 g/mol. The summed E-state index contributed by atoms with van der Waals surface area (Å²) in [6, 6.07) is 5.70. The number of carbonyl (C=O) groups is 1. The predicted octanol–water partition coefficient (Wildman–Crippen LogP) is 2.81. The van der Waals surface area contributed by atoms with Crippen molar-refractivity contribution >= 4 is 27.5 Å². The number of methoxy groups -OCH3 is 1. The number of nitrogens with two attached hydrogens (primary N) is 1. The van der Waals surface area contributed by atoms with Crippen LogP contribution in [0.3, 0.4) is 0 Å². The van der Waals surface area contributed by atoms with Crippen LogP contribution in [0.5, 0.6) is 0 Å². The fourth-order valence-electron chi connectivity index (χ4n) is 2.29. The van der Waals surface area contributed by atoms with Crippen LogP contribution >= 0.6 is 15.9 Å². The fraction of sp³-hybridized carbons (Fsp3) is 0.500. The van der Waals surface area contributed by atoms with Crippen molar-refractivity contribution in [1.29, 1.82) is 0 Å². The van der Waals surface area contributed by atoms with E-state index in [0.717, 1.165) is 35.0 Å². The lowest BCUT2D eigenvalue weighted by molar-refractivity contribution is -0.118. The molecule has 0 unspecified atom stereocenters. The lowest BCUT2D eigenvalue weighted by Crippen LogP contribution is -2.49. The number of halogens is 1. The maximum atomic E-state index is 12.0. The Morgan fingerprint density at radius 1 is 1.53 bits per heavy atom. The molecule has 2 rings (SSSR count). The molecule has 3 N–H and O–H groups in total. The third-order valence-corrected chi connectivity index (χ3v) is 4.29. The molecule has 1 aromatic carbocycles. The molecule has 1 amide bonds. The molecule has 1 saturated carbocycles. The second-order valence-corrected chi connectivity index (χ2v) is 5.99. The molecule has 0 bridgehead atoms. The summed E-state index contributed by atoms with van der Waals surface area (Å²) in [6.07, 6.45) is 3.37. The highest BCUT2D eigenvalue weighted by Crippen LogP contribution is 2.33. The molecule has 0 heterocycles. The molecule has 1 aliphatic rings. The first-order valence-electron chi connectivity index (χ1n) is 6.39. The summed E-state index contributed by atoms with van der Waals surface area (Å²) in [4.78, 5) is 12.0. The number of hydrogen-bond acceptors (Lipinski definition) is 3. The molecule has 104 valence electrons. The van der Waals surface area contributed by atoms with Crippen molar-refractivity contribution < 1.29 is 9.53 Å². The SMILES string of the molecule is COCc1c(Br)cccc1NC(=O)CC1(N)CCC1. The molecule has 0 aromatic heterocycles. The number of benzene rings is 1. The average molecular weight is 327 g/mol. The van der Waals surface area contributed by atoms with Crippen molar-refractivity contribution in [3.63, 3.8) is 0 Å². The van der Waals surface area contributed by atoms with Crippen LogP contribution in [-0.2, 0) is 16.1 Å². The average Bonchev–Trinajstić information content (AvgIpc) is 2.31. The molecule has 0 saturated heterocycles. The molecule has 19 heavy (non-hydrogen) atoms. The fourth-order valence-corrected chi connectivity index (χ4v) is 2.77. The van der Waals surface area contributed by atoms with E-state index in [1.165, 1.54) is 0 Å². The number of anilines is 1. The summed E-state index contributed by atoms with van der Waals surface area (Å²) in [5.41, 5.74) is 7.52. The van der Waals surface area contributed by atoms with Crippen LogP contribution in [0.2, 0.25) is 0 Å². The van der Waals surface area contributed by atoms with Crippen LogP contribution < -0.4 is 11.1 Å². The standard InChI is InChI=1S/C14H19BrN2O2/c1-19-9-10-11(15)4-2-5-12(10)17-13(18)8-14(16)6-3-7-14/h2,4-5H,3,6-9,16H2,1H3,(H,17,18). The maximum absolute atomic E-state index is 12.0. The number of hydrogen-bond donors (Lipinski definition) is 2. The van der Waals surface area contributed by atoms with E-state index >= 15 is 0 Å². The van der Waals surface area contributed by atoms with Gasteiger partial charge in [0.15, 0.2) is 0 Å². The second-order valence-electron chi connectivity index (χ2n) is 5.14. The quantitative estimate of drug-likeness (QED) is 0.874. The number of nitrogens with one attached hydrogen (secondary N) is 1. The largest absolute Gasteiger partial charge is 0.380 e. The Morgan fingerprint density at radius 3 is 2.84 bits per heavy atom. The Balaban J connectivity index is 2.05. The lowest BCUT2D eigenvalue weighted by Gasteiger charge is -2.37. The van der Waals surface area contributed by atoms with Crippen LogP contribution in [-0.4, -0.2) is 18.6 Å². The third kappa shape index (κ3) is 3.55. The second kappa shape index (κ2) is 6.03.